The molecule has 1 aromatic heterocycles. The van der Waals surface area contributed by atoms with Crippen molar-refractivity contribution in [3.63, 3.8) is 0 Å². The first-order valence-corrected chi connectivity index (χ1v) is 7.31. The fraction of sp³-hybridized carbons (Fsp3) is 0.533. The number of esters is 1. The average molecular weight is 298 g/mol. The standard InChI is InChI=1S/C15H20ClNO3/c1-2-20-15(19)8-6-4-3-5-7-13(18)12-9-10-14(16)17-11-12/h9-11H,2-8H2,1H3. The number of hydrogen-bond acceptors (Lipinski definition) is 4. The molecule has 0 aromatic carbocycles. The second-order valence-corrected chi connectivity index (χ2v) is 4.90. The Labute approximate surface area is 124 Å². The molecule has 1 rings (SSSR count). The number of carbonyl (C=O) groups is 2. The maximum atomic E-state index is 11.8. The second-order valence-electron chi connectivity index (χ2n) is 4.51. The smallest absolute Gasteiger partial charge is 0.305 e. The van der Waals surface area contributed by atoms with E-state index >= 15 is 0 Å². The molecule has 0 saturated carbocycles. The van der Waals surface area contributed by atoms with Crippen molar-refractivity contribution in [1.82, 2.24) is 4.98 Å². The van der Waals surface area contributed by atoms with E-state index in [1.165, 1.54) is 6.20 Å². The Morgan fingerprint density at radius 2 is 1.85 bits per heavy atom. The molecular weight excluding hydrogens is 278 g/mol. The highest BCUT2D eigenvalue weighted by atomic mass is 35.5. The van der Waals surface area contributed by atoms with Gasteiger partial charge in [-0.2, -0.15) is 0 Å². The molecule has 0 bridgehead atoms. The van der Waals surface area contributed by atoms with E-state index in [1.807, 2.05) is 0 Å². The predicted octanol–water partition coefficient (Wildman–Crippen LogP) is 3.82. The summed E-state index contributed by atoms with van der Waals surface area (Å²) in [5, 5.41) is 0.389. The lowest BCUT2D eigenvalue weighted by Crippen LogP contribution is -2.03. The van der Waals surface area contributed by atoms with Crippen LogP contribution in [0.2, 0.25) is 5.15 Å². The van der Waals surface area contributed by atoms with Gasteiger partial charge in [0.15, 0.2) is 5.78 Å². The lowest BCUT2D eigenvalue weighted by atomic mass is 10.1. The Morgan fingerprint density at radius 1 is 1.15 bits per heavy atom. The van der Waals surface area contributed by atoms with E-state index in [0.29, 0.717) is 30.2 Å². The molecule has 0 amide bonds. The average Bonchev–Trinajstić information content (AvgIpc) is 2.43. The number of hydrogen-bond donors (Lipinski definition) is 0. The summed E-state index contributed by atoms with van der Waals surface area (Å²) in [5.74, 6) is -0.0598. The van der Waals surface area contributed by atoms with Crippen LogP contribution >= 0.6 is 11.6 Å². The second kappa shape index (κ2) is 9.48. The molecule has 0 spiro atoms. The topological polar surface area (TPSA) is 56.3 Å². The monoisotopic (exact) mass is 297 g/mol. The first-order chi connectivity index (χ1) is 9.63. The molecule has 0 radical (unpaired) electrons. The highest BCUT2D eigenvalue weighted by Crippen LogP contribution is 2.11. The van der Waals surface area contributed by atoms with Crippen molar-refractivity contribution in [2.24, 2.45) is 0 Å². The normalized spacial score (nSPS) is 10.3. The van der Waals surface area contributed by atoms with E-state index in [-0.39, 0.29) is 11.8 Å². The van der Waals surface area contributed by atoms with E-state index in [2.05, 4.69) is 4.98 Å². The number of aromatic nitrogens is 1. The third kappa shape index (κ3) is 6.66. The number of ether oxygens (including phenoxy) is 1. The van der Waals surface area contributed by atoms with Crippen LogP contribution in [0.5, 0.6) is 0 Å². The fourth-order valence-electron chi connectivity index (χ4n) is 1.83. The summed E-state index contributed by atoms with van der Waals surface area (Å²) in [5.41, 5.74) is 0.598. The zero-order chi connectivity index (χ0) is 14.8. The van der Waals surface area contributed by atoms with Gasteiger partial charge in [-0.25, -0.2) is 4.98 Å². The Balaban J connectivity index is 2.10. The van der Waals surface area contributed by atoms with Crippen LogP contribution in [0.1, 0.15) is 55.8 Å². The van der Waals surface area contributed by atoms with Gasteiger partial charge in [0.2, 0.25) is 0 Å². The van der Waals surface area contributed by atoms with E-state index in [1.54, 1.807) is 19.1 Å². The summed E-state index contributed by atoms with van der Waals surface area (Å²) >= 11 is 5.67. The summed E-state index contributed by atoms with van der Waals surface area (Å²) in [6.45, 7) is 2.23. The lowest BCUT2D eigenvalue weighted by Gasteiger charge is -2.03. The van der Waals surface area contributed by atoms with Crippen LogP contribution in [0.15, 0.2) is 18.3 Å². The van der Waals surface area contributed by atoms with Crippen LogP contribution in [-0.2, 0) is 9.53 Å². The number of rotatable bonds is 9. The van der Waals surface area contributed by atoms with Crippen LogP contribution in [0.4, 0.5) is 0 Å². The van der Waals surface area contributed by atoms with Crippen molar-refractivity contribution in [3.8, 4) is 0 Å². The minimum absolute atomic E-state index is 0.0829. The fourth-order valence-corrected chi connectivity index (χ4v) is 1.94. The number of halogens is 1. The van der Waals surface area contributed by atoms with Crippen LogP contribution in [0.25, 0.3) is 0 Å². The zero-order valence-electron chi connectivity index (χ0n) is 11.7. The molecule has 0 aliphatic rings. The van der Waals surface area contributed by atoms with Gasteiger partial charge in [0.1, 0.15) is 5.15 Å². The molecule has 0 atom stereocenters. The quantitative estimate of drug-likeness (QED) is 0.301. The first kappa shape index (κ1) is 16.6. The maximum absolute atomic E-state index is 11.8. The zero-order valence-corrected chi connectivity index (χ0v) is 12.5. The molecule has 5 heteroatoms. The van der Waals surface area contributed by atoms with Gasteiger partial charge in [0.25, 0.3) is 0 Å². The Bertz CT molecular complexity index is 431. The van der Waals surface area contributed by atoms with Gasteiger partial charge in [0.05, 0.1) is 6.61 Å². The lowest BCUT2D eigenvalue weighted by molar-refractivity contribution is -0.143. The molecule has 20 heavy (non-hydrogen) atoms. The van der Waals surface area contributed by atoms with E-state index < -0.39 is 0 Å². The molecule has 0 aliphatic carbocycles. The maximum Gasteiger partial charge on any atom is 0.305 e. The van der Waals surface area contributed by atoms with Crippen LogP contribution in [0.3, 0.4) is 0 Å². The van der Waals surface area contributed by atoms with Crippen LogP contribution in [0, 0.1) is 0 Å². The van der Waals surface area contributed by atoms with Crippen molar-refractivity contribution in [2.45, 2.75) is 45.4 Å². The van der Waals surface area contributed by atoms with Crippen molar-refractivity contribution >= 4 is 23.4 Å². The van der Waals surface area contributed by atoms with Gasteiger partial charge in [-0.3, -0.25) is 9.59 Å². The molecule has 110 valence electrons. The summed E-state index contributed by atoms with van der Waals surface area (Å²) in [7, 11) is 0. The van der Waals surface area contributed by atoms with Gasteiger partial charge in [-0.15, -0.1) is 0 Å². The molecule has 1 heterocycles. The minimum Gasteiger partial charge on any atom is -0.466 e. The molecule has 0 aliphatic heterocycles. The van der Waals surface area contributed by atoms with E-state index in [9.17, 15) is 9.59 Å². The third-order valence-electron chi connectivity index (χ3n) is 2.89. The largest absolute Gasteiger partial charge is 0.466 e. The van der Waals surface area contributed by atoms with Crippen molar-refractivity contribution < 1.29 is 14.3 Å². The van der Waals surface area contributed by atoms with E-state index in [0.717, 1.165) is 25.7 Å². The third-order valence-corrected chi connectivity index (χ3v) is 3.11. The number of ketones is 1. The SMILES string of the molecule is CCOC(=O)CCCCCCC(=O)c1ccc(Cl)nc1. The molecule has 0 N–H and O–H groups in total. The number of Topliss-reactive ketones (excluding diaryl/α,β-unsaturated/α-hetero) is 1. The van der Waals surface area contributed by atoms with E-state index in [4.69, 9.17) is 16.3 Å². The van der Waals surface area contributed by atoms with Crippen molar-refractivity contribution in [1.29, 1.82) is 0 Å². The number of nitrogens with zero attached hydrogens (tertiary/aromatic N) is 1. The number of pyridine rings is 1. The summed E-state index contributed by atoms with van der Waals surface area (Å²) < 4.78 is 4.84. The molecular formula is C15H20ClNO3. The number of carbonyl (C=O) groups excluding carboxylic acids is 2. The number of unbranched alkanes of at least 4 members (excludes halogenated alkanes) is 3. The first-order valence-electron chi connectivity index (χ1n) is 6.94. The van der Waals surface area contributed by atoms with Gasteiger partial charge in [-0.05, 0) is 31.9 Å². The van der Waals surface area contributed by atoms with Gasteiger partial charge >= 0.3 is 5.97 Å². The Hall–Kier alpha value is -1.42. The van der Waals surface area contributed by atoms with Crippen LogP contribution in [-0.4, -0.2) is 23.3 Å². The molecule has 0 fully saturated rings. The van der Waals surface area contributed by atoms with Gasteiger partial charge in [0, 0.05) is 24.6 Å². The van der Waals surface area contributed by atoms with Crippen molar-refractivity contribution in [2.75, 3.05) is 6.61 Å². The van der Waals surface area contributed by atoms with Gasteiger partial charge in [-0.1, -0.05) is 24.4 Å². The molecule has 4 nitrogen and oxygen atoms in total. The Morgan fingerprint density at radius 3 is 2.45 bits per heavy atom. The predicted molar refractivity (Wildman–Crippen MR) is 77.9 cm³/mol. The molecule has 0 saturated heterocycles. The summed E-state index contributed by atoms with van der Waals surface area (Å²) in [6, 6.07) is 3.31. The van der Waals surface area contributed by atoms with Crippen LogP contribution < -0.4 is 0 Å². The highest BCUT2D eigenvalue weighted by molar-refractivity contribution is 6.29. The summed E-state index contributed by atoms with van der Waals surface area (Å²) in [6.07, 6.45) is 5.98. The molecule has 0 unspecified atom stereocenters. The highest BCUT2D eigenvalue weighted by Gasteiger charge is 2.06. The van der Waals surface area contributed by atoms with Crippen molar-refractivity contribution in [3.05, 3.63) is 29.0 Å². The molecule has 1 aromatic rings. The Kier molecular flexibility index (Phi) is 7.88. The minimum atomic E-state index is -0.143. The van der Waals surface area contributed by atoms with Gasteiger partial charge < -0.3 is 4.74 Å². The summed E-state index contributed by atoms with van der Waals surface area (Å²) in [4.78, 5) is 26.8.